The zero-order chi connectivity index (χ0) is 35.5. The lowest BCUT2D eigenvalue weighted by molar-refractivity contribution is 0.0696. The summed E-state index contributed by atoms with van der Waals surface area (Å²) in [5.41, 5.74) is 4.93. The molecule has 0 bridgehead atoms. The van der Waals surface area contributed by atoms with Crippen LogP contribution in [0.4, 0.5) is 5.95 Å². The zero-order valence-corrected chi connectivity index (χ0v) is 29.6. The van der Waals surface area contributed by atoms with Crippen LogP contribution >= 0.6 is 0 Å². The maximum atomic E-state index is 13.4. The normalized spacial score (nSPS) is 12.7. The highest BCUT2D eigenvalue weighted by molar-refractivity contribution is 7.92. The largest absolute Gasteiger partial charge is 0.478 e. The minimum Gasteiger partial charge on any atom is -0.478 e. The van der Waals surface area contributed by atoms with Crippen molar-refractivity contribution in [2.45, 2.75) is 78.3 Å². The molecule has 3 heterocycles. The predicted molar refractivity (Wildman–Crippen MR) is 187 cm³/mol. The third-order valence-electron chi connectivity index (χ3n) is 7.80. The lowest BCUT2D eigenvalue weighted by atomic mass is 9.88. The van der Waals surface area contributed by atoms with Gasteiger partial charge < -0.3 is 19.6 Å². The fraction of sp³-hybridized carbons (Fsp3) is 0.361. The molecule has 258 valence electrons. The topological polar surface area (TPSA) is 169 Å². The van der Waals surface area contributed by atoms with E-state index in [9.17, 15) is 18.3 Å². The Bertz CT molecular complexity index is 2070. The maximum Gasteiger partial charge on any atom is 0.335 e. The van der Waals surface area contributed by atoms with E-state index in [1.165, 1.54) is 18.2 Å². The highest BCUT2D eigenvalue weighted by Gasteiger charge is 2.23. The van der Waals surface area contributed by atoms with Gasteiger partial charge in [0.05, 0.1) is 28.0 Å². The van der Waals surface area contributed by atoms with Crippen molar-refractivity contribution >= 4 is 33.2 Å². The van der Waals surface area contributed by atoms with Gasteiger partial charge in [-0.05, 0) is 55.0 Å². The number of carboxylic acid groups (broad SMARTS) is 1. The van der Waals surface area contributed by atoms with Crippen LogP contribution < -0.4 is 14.8 Å². The van der Waals surface area contributed by atoms with Crippen molar-refractivity contribution in [2.24, 2.45) is 5.41 Å². The molecule has 5 rings (SSSR count). The van der Waals surface area contributed by atoms with Crippen molar-refractivity contribution in [3.8, 4) is 17.1 Å². The summed E-state index contributed by atoms with van der Waals surface area (Å²) in [6.07, 6.45) is 2.45. The second kappa shape index (κ2) is 14.3. The van der Waals surface area contributed by atoms with Crippen LogP contribution in [-0.4, -0.2) is 52.1 Å². The standard InChI is InChI=1S/C36H42N6O6S/c1-21(2)30-15-29-33(48-30)38-19-26(39-29)18-37-25(17-36(5,6)7)20-47-31-16-28(32-22(3)10-8-11-23(32)4)40-35(41-31)42-49(45,46)27-13-9-12-24(14-27)34(43)44/h8-16,19,21,25,37H,17-18,20H2,1-7H3,(H,43,44)(H,40,41,42). The summed E-state index contributed by atoms with van der Waals surface area (Å²) < 4.78 is 41.3. The van der Waals surface area contributed by atoms with E-state index < -0.39 is 16.0 Å². The van der Waals surface area contributed by atoms with Crippen LogP contribution in [0.15, 0.2) is 70.1 Å². The molecule has 0 saturated carbocycles. The number of carboxylic acids is 1. The third-order valence-corrected chi connectivity index (χ3v) is 9.12. The predicted octanol–water partition coefficient (Wildman–Crippen LogP) is 6.89. The monoisotopic (exact) mass is 686 g/mol. The van der Waals surface area contributed by atoms with Crippen molar-refractivity contribution in [1.82, 2.24) is 25.3 Å². The smallest absolute Gasteiger partial charge is 0.335 e. The number of ether oxygens (including phenoxy) is 1. The van der Waals surface area contributed by atoms with E-state index in [1.807, 2.05) is 38.1 Å². The number of fused-ring (bicyclic) bond motifs is 1. The first-order chi connectivity index (χ1) is 23.1. The van der Waals surface area contributed by atoms with Crippen LogP contribution in [0, 0.1) is 19.3 Å². The van der Waals surface area contributed by atoms with E-state index in [4.69, 9.17) is 14.1 Å². The number of furan rings is 1. The molecule has 1 atom stereocenters. The minimum atomic E-state index is -4.24. The molecule has 1 unspecified atom stereocenters. The first kappa shape index (κ1) is 35.4. The molecular weight excluding hydrogens is 644 g/mol. The number of anilines is 1. The molecule has 0 aliphatic carbocycles. The Kier molecular flexibility index (Phi) is 10.3. The quantitative estimate of drug-likeness (QED) is 0.118. The number of sulfonamides is 1. The number of hydrogen-bond donors (Lipinski definition) is 3. The second-order valence-electron chi connectivity index (χ2n) is 13.6. The van der Waals surface area contributed by atoms with E-state index in [-0.39, 0.29) is 46.3 Å². The number of rotatable bonds is 13. The molecule has 5 aromatic rings. The summed E-state index contributed by atoms with van der Waals surface area (Å²) in [6.45, 7) is 15.1. The summed E-state index contributed by atoms with van der Waals surface area (Å²) in [4.78, 5) is 29.4. The van der Waals surface area contributed by atoms with Gasteiger partial charge in [0.25, 0.3) is 10.0 Å². The Balaban J connectivity index is 1.42. The van der Waals surface area contributed by atoms with E-state index in [0.717, 1.165) is 40.6 Å². The molecule has 13 heteroatoms. The Morgan fingerprint density at radius 2 is 1.71 bits per heavy atom. The molecule has 12 nitrogen and oxygen atoms in total. The van der Waals surface area contributed by atoms with Crippen LogP contribution in [-0.2, 0) is 16.6 Å². The lowest BCUT2D eigenvalue weighted by Crippen LogP contribution is -2.37. The van der Waals surface area contributed by atoms with E-state index in [0.29, 0.717) is 23.5 Å². The minimum absolute atomic E-state index is 0.0479. The number of aromatic carboxylic acids is 1. The zero-order valence-electron chi connectivity index (χ0n) is 28.7. The van der Waals surface area contributed by atoms with Crippen molar-refractivity contribution in [2.75, 3.05) is 11.3 Å². The number of benzene rings is 2. The van der Waals surface area contributed by atoms with Gasteiger partial charge in [0.1, 0.15) is 17.9 Å². The van der Waals surface area contributed by atoms with Crippen molar-refractivity contribution in [3.63, 3.8) is 0 Å². The van der Waals surface area contributed by atoms with Crippen LogP contribution in [0.5, 0.6) is 5.88 Å². The Morgan fingerprint density at radius 1 is 1.00 bits per heavy atom. The lowest BCUT2D eigenvalue weighted by Gasteiger charge is -2.27. The van der Waals surface area contributed by atoms with Gasteiger partial charge in [-0.25, -0.2) is 32.9 Å². The van der Waals surface area contributed by atoms with E-state index in [2.05, 4.69) is 59.6 Å². The van der Waals surface area contributed by atoms with Gasteiger partial charge in [-0.2, -0.15) is 4.98 Å². The van der Waals surface area contributed by atoms with Crippen LogP contribution in [0.1, 0.15) is 79.9 Å². The van der Waals surface area contributed by atoms with E-state index in [1.54, 1.807) is 12.3 Å². The molecule has 0 fully saturated rings. The SMILES string of the molecule is Cc1cccc(C)c1-c1cc(OCC(CC(C)(C)C)NCc2cnc3oc(C(C)C)cc3n2)nc(NS(=O)(=O)c2cccc(C(=O)O)c2)n1. The molecule has 3 aromatic heterocycles. The summed E-state index contributed by atoms with van der Waals surface area (Å²) >= 11 is 0. The van der Waals surface area contributed by atoms with E-state index >= 15 is 0 Å². The number of nitrogens with zero attached hydrogens (tertiary/aromatic N) is 4. The second-order valence-corrected chi connectivity index (χ2v) is 15.3. The molecule has 0 amide bonds. The van der Waals surface area contributed by atoms with Crippen molar-refractivity contribution < 1.29 is 27.5 Å². The highest BCUT2D eigenvalue weighted by atomic mass is 32.2. The Labute approximate surface area is 286 Å². The average Bonchev–Trinajstić information content (AvgIpc) is 3.46. The summed E-state index contributed by atoms with van der Waals surface area (Å²) in [5.74, 6) is -0.220. The summed E-state index contributed by atoms with van der Waals surface area (Å²) in [5, 5.41) is 12.9. The van der Waals surface area contributed by atoms with Gasteiger partial charge in [-0.15, -0.1) is 0 Å². The molecule has 0 saturated heterocycles. The molecule has 3 N–H and O–H groups in total. The molecule has 0 spiro atoms. The van der Waals surface area contributed by atoms with Gasteiger partial charge in [0.2, 0.25) is 17.5 Å². The number of aryl methyl sites for hydroxylation is 2. The highest BCUT2D eigenvalue weighted by Crippen LogP contribution is 2.30. The maximum absolute atomic E-state index is 13.4. The van der Waals surface area contributed by atoms with Gasteiger partial charge in [0.15, 0.2) is 0 Å². The fourth-order valence-corrected chi connectivity index (χ4v) is 6.47. The molecule has 49 heavy (non-hydrogen) atoms. The first-order valence-corrected chi connectivity index (χ1v) is 17.5. The van der Waals surface area contributed by atoms with Crippen LogP contribution in [0.2, 0.25) is 0 Å². The summed E-state index contributed by atoms with van der Waals surface area (Å²) in [6, 6.07) is 14.4. The molecule has 0 radical (unpaired) electrons. The molecular formula is C36H42N6O6S. The summed E-state index contributed by atoms with van der Waals surface area (Å²) in [7, 11) is -4.24. The van der Waals surface area contributed by atoms with Gasteiger partial charge in [0, 0.05) is 36.2 Å². The van der Waals surface area contributed by atoms with Crippen LogP contribution in [0.25, 0.3) is 22.5 Å². The molecule has 0 aliphatic rings. The first-order valence-electron chi connectivity index (χ1n) is 16.0. The number of hydrogen-bond acceptors (Lipinski definition) is 10. The Morgan fingerprint density at radius 3 is 2.39 bits per heavy atom. The van der Waals surface area contributed by atoms with Crippen molar-refractivity contribution in [3.05, 3.63) is 88.9 Å². The average molecular weight is 687 g/mol. The number of carbonyl (C=O) groups is 1. The molecule has 0 aliphatic heterocycles. The van der Waals surface area contributed by atoms with Gasteiger partial charge >= 0.3 is 5.97 Å². The van der Waals surface area contributed by atoms with Gasteiger partial charge in [-0.1, -0.05) is 58.9 Å². The number of nitrogens with one attached hydrogen (secondary N) is 2. The molecule has 2 aromatic carbocycles. The third kappa shape index (κ3) is 8.98. The van der Waals surface area contributed by atoms with Crippen molar-refractivity contribution in [1.29, 1.82) is 0 Å². The fourth-order valence-electron chi connectivity index (χ4n) is 5.48. The van der Waals surface area contributed by atoms with Crippen LogP contribution in [0.3, 0.4) is 0 Å². The Hall–Kier alpha value is -4.88. The number of aromatic nitrogens is 4. The van der Waals surface area contributed by atoms with Gasteiger partial charge in [-0.3, -0.25) is 0 Å².